The molecule has 3 aliphatic heterocycles. The number of aromatic nitrogens is 6. The van der Waals surface area contributed by atoms with Crippen molar-refractivity contribution in [2.24, 2.45) is 0 Å². The van der Waals surface area contributed by atoms with Crippen LogP contribution >= 0.6 is 0 Å². The van der Waals surface area contributed by atoms with E-state index in [0.29, 0.717) is 25.1 Å². The van der Waals surface area contributed by atoms with E-state index in [1.54, 1.807) is 10.7 Å². The summed E-state index contributed by atoms with van der Waals surface area (Å²) in [5, 5.41) is 18.6. The van der Waals surface area contributed by atoms with Gasteiger partial charge in [0.05, 0.1) is 36.7 Å². The molecule has 0 radical (unpaired) electrons. The summed E-state index contributed by atoms with van der Waals surface area (Å²) in [7, 11) is 0. The molecule has 10 nitrogen and oxygen atoms in total. The molecule has 2 atom stereocenters. The minimum Gasteiger partial charge on any atom is -0.380 e. The number of benzene rings is 1. The van der Waals surface area contributed by atoms with Gasteiger partial charge >= 0.3 is 0 Å². The molecular weight excluding hydrogens is 504 g/mol. The molecule has 2 aromatic heterocycles. The maximum atomic E-state index is 15.3. The van der Waals surface area contributed by atoms with Crippen LogP contribution in [0.5, 0.6) is 0 Å². The predicted octanol–water partition coefficient (Wildman–Crippen LogP) is 4.28. The van der Waals surface area contributed by atoms with Crippen molar-refractivity contribution in [3.8, 4) is 5.69 Å². The lowest BCUT2D eigenvalue weighted by atomic mass is 9.97. The molecule has 3 saturated heterocycles. The summed E-state index contributed by atoms with van der Waals surface area (Å²) < 4.78 is 37.1. The number of fused-ring (bicyclic) bond motifs is 1. The van der Waals surface area contributed by atoms with E-state index >= 15 is 4.39 Å². The number of piperidine rings is 1. The Labute approximate surface area is 225 Å². The van der Waals surface area contributed by atoms with Gasteiger partial charge in [0.15, 0.2) is 17.5 Å². The highest BCUT2D eigenvalue weighted by atomic mass is 19.1. The van der Waals surface area contributed by atoms with Crippen molar-refractivity contribution in [3.05, 3.63) is 41.4 Å². The highest BCUT2D eigenvalue weighted by Crippen LogP contribution is 2.45. The topological polar surface area (TPSA) is 106 Å². The van der Waals surface area contributed by atoms with Crippen LogP contribution in [0.3, 0.4) is 0 Å². The molecule has 39 heavy (non-hydrogen) atoms. The van der Waals surface area contributed by atoms with Crippen LogP contribution in [-0.2, 0) is 4.74 Å². The maximum absolute atomic E-state index is 15.3. The van der Waals surface area contributed by atoms with E-state index in [0.717, 1.165) is 56.1 Å². The van der Waals surface area contributed by atoms with Gasteiger partial charge in [0.2, 0.25) is 5.95 Å². The van der Waals surface area contributed by atoms with Gasteiger partial charge in [0.25, 0.3) is 0 Å². The molecule has 1 aromatic carbocycles. The summed E-state index contributed by atoms with van der Waals surface area (Å²) in [5.74, 6) is 0.361. The maximum Gasteiger partial charge on any atom is 0.229 e. The first-order valence-electron chi connectivity index (χ1n) is 13.9. The summed E-state index contributed by atoms with van der Waals surface area (Å²) in [6.45, 7) is 6.68. The largest absolute Gasteiger partial charge is 0.380 e. The van der Waals surface area contributed by atoms with Crippen molar-refractivity contribution in [2.45, 2.75) is 81.8 Å². The van der Waals surface area contributed by atoms with Gasteiger partial charge in [-0.1, -0.05) is 0 Å². The molecule has 0 amide bonds. The molecule has 0 unspecified atom stereocenters. The van der Waals surface area contributed by atoms with Crippen molar-refractivity contribution < 1.29 is 13.5 Å². The number of tetrazole rings is 1. The summed E-state index contributed by atoms with van der Waals surface area (Å²) in [4.78, 5) is 11.1. The van der Waals surface area contributed by atoms with Crippen molar-refractivity contribution in [1.29, 1.82) is 0 Å². The molecule has 3 aromatic rings. The first kappa shape index (κ1) is 24.8. The van der Waals surface area contributed by atoms with Gasteiger partial charge in [-0.25, -0.2) is 13.8 Å². The minimum absolute atomic E-state index is 0.102. The fourth-order valence-electron chi connectivity index (χ4n) is 6.34. The third-order valence-corrected chi connectivity index (χ3v) is 8.77. The zero-order valence-corrected chi connectivity index (χ0v) is 22.2. The van der Waals surface area contributed by atoms with Crippen LogP contribution in [-0.4, -0.2) is 72.5 Å². The standard InChI is InChI=1S/C27H33F2N9O/c1-27(2)7-5-18-9-17(6-8-37(18)27)31-24-21(29)12-30-26(33-24)32-22-11-23(19(10-20(22)28)15-3-4-15)38-25(34-35-36-38)16-13-39-14-16/h10-12,15-18H,3-9,13-14H2,1-2H3,(H2,30,31,32,33)/t17-,18-/m0/s1. The lowest BCUT2D eigenvalue weighted by molar-refractivity contribution is 0.00391. The number of halogens is 2. The van der Waals surface area contributed by atoms with E-state index in [1.165, 1.54) is 12.5 Å². The Morgan fingerprint density at radius 2 is 1.90 bits per heavy atom. The van der Waals surface area contributed by atoms with Crippen LogP contribution in [0.25, 0.3) is 5.69 Å². The molecule has 1 saturated carbocycles. The molecule has 4 fully saturated rings. The molecule has 2 N–H and O–H groups in total. The Morgan fingerprint density at radius 3 is 2.67 bits per heavy atom. The predicted molar refractivity (Wildman–Crippen MR) is 140 cm³/mol. The number of hydrogen-bond acceptors (Lipinski definition) is 9. The monoisotopic (exact) mass is 537 g/mol. The van der Waals surface area contributed by atoms with Crippen LogP contribution in [0.1, 0.15) is 75.6 Å². The minimum atomic E-state index is -0.527. The van der Waals surface area contributed by atoms with Gasteiger partial charge in [-0.3, -0.25) is 4.90 Å². The smallest absolute Gasteiger partial charge is 0.229 e. The fraction of sp³-hybridized carbons (Fsp3) is 0.593. The average molecular weight is 538 g/mol. The molecule has 7 rings (SSSR count). The highest BCUT2D eigenvalue weighted by molar-refractivity contribution is 5.63. The zero-order chi connectivity index (χ0) is 26.7. The third-order valence-electron chi connectivity index (χ3n) is 8.77. The van der Waals surface area contributed by atoms with E-state index in [1.807, 2.05) is 0 Å². The fourth-order valence-corrected chi connectivity index (χ4v) is 6.34. The van der Waals surface area contributed by atoms with Crippen molar-refractivity contribution in [1.82, 2.24) is 35.1 Å². The molecule has 206 valence electrons. The van der Waals surface area contributed by atoms with E-state index < -0.39 is 11.6 Å². The Morgan fingerprint density at radius 1 is 1.05 bits per heavy atom. The lowest BCUT2D eigenvalue weighted by Gasteiger charge is -2.42. The summed E-state index contributed by atoms with van der Waals surface area (Å²) in [6.07, 6.45) is 7.29. The highest BCUT2D eigenvalue weighted by Gasteiger charge is 2.42. The molecule has 0 spiro atoms. The number of hydrogen-bond donors (Lipinski definition) is 2. The summed E-state index contributed by atoms with van der Waals surface area (Å²) in [5.41, 5.74) is 2.00. The molecular formula is C27H33F2N9O. The second-order valence-corrected chi connectivity index (χ2v) is 11.9. The second kappa shape index (κ2) is 9.44. The van der Waals surface area contributed by atoms with Crippen molar-refractivity contribution >= 4 is 17.5 Å². The molecule has 0 bridgehead atoms. The van der Waals surface area contributed by atoms with Gasteiger partial charge < -0.3 is 15.4 Å². The molecule has 5 heterocycles. The average Bonchev–Trinajstić information content (AvgIpc) is 3.55. The molecule has 12 heteroatoms. The van der Waals surface area contributed by atoms with Crippen molar-refractivity contribution in [2.75, 3.05) is 30.4 Å². The molecule has 1 aliphatic carbocycles. The first-order valence-corrected chi connectivity index (χ1v) is 13.9. The number of ether oxygens (including phenoxy) is 1. The Kier molecular flexibility index (Phi) is 6.00. The summed E-state index contributed by atoms with van der Waals surface area (Å²) in [6, 6.07) is 3.85. The SMILES string of the molecule is CC1(C)CC[C@H]2C[C@@H](Nc3nc(Nc4cc(-n5nnnc5C5COC5)c(C5CC5)cc4F)ncc3F)CCN21. The van der Waals surface area contributed by atoms with Gasteiger partial charge in [-0.2, -0.15) is 9.67 Å². The van der Waals surface area contributed by atoms with Gasteiger partial charge in [-0.15, -0.1) is 5.10 Å². The molecule has 4 aliphatic rings. The number of nitrogens with zero attached hydrogens (tertiary/aromatic N) is 7. The van der Waals surface area contributed by atoms with Crippen LogP contribution < -0.4 is 10.6 Å². The Balaban J connectivity index is 1.13. The Bertz CT molecular complexity index is 1390. The van der Waals surface area contributed by atoms with Crippen LogP contribution in [0, 0.1) is 11.6 Å². The number of anilines is 3. The normalized spacial score (nSPS) is 24.8. The van der Waals surface area contributed by atoms with E-state index in [9.17, 15) is 4.39 Å². The number of nitrogens with one attached hydrogen (secondary N) is 2. The van der Waals surface area contributed by atoms with Gasteiger partial charge in [-0.05, 0) is 86.4 Å². The Hall–Kier alpha value is -3.25. The second-order valence-electron chi connectivity index (χ2n) is 11.9. The van der Waals surface area contributed by atoms with Crippen LogP contribution in [0.4, 0.5) is 26.2 Å². The first-order chi connectivity index (χ1) is 18.9. The van der Waals surface area contributed by atoms with Gasteiger partial charge in [0, 0.05) is 24.2 Å². The number of rotatable bonds is 7. The van der Waals surface area contributed by atoms with Gasteiger partial charge in [0.1, 0.15) is 5.82 Å². The quantitative estimate of drug-likeness (QED) is 0.457. The van der Waals surface area contributed by atoms with Crippen LogP contribution in [0.2, 0.25) is 0 Å². The van der Waals surface area contributed by atoms with E-state index in [-0.39, 0.29) is 40.9 Å². The van der Waals surface area contributed by atoms with E-state index in [2.05, 4.69) is 54.9 Å². The zero-order valence-electron chi connectivity index (χ0n) is 22.2. The van der Waals surface area contributed by atoms with Crippen LogP contribution in [0.15, 0.2) is 18.3 Å². The lowest BCUT2D eigenvalue weighted by Crippen LogP contribution is -2.50. The van der Waals surface area contributed by atoms with Crippen molar-refractivity contribution in [3.63, 3.8) is 0 Å². The third kappa shape index (κ3) is 4.63. The van der Waals surface area contributed by atoms with E-state index in [4.69, 9.17) is 4.74 Å². The summed E-state index contributed by atoms with van der Waals surface area (Å²) >= 11 is 0.